The maximum Gasteiger partial charge on any atom is 0.404 e. The highest BCUT2D eigenvalue weighted by Crippen LogP contribution is 2.27. The van der Waals surface area contributed by atoms with E-state index in [0.29, 0.717) is 32.7 Å². The third-order valence-electron chi connectivity index (χ3n) is 3.28. The Kier molecular flexibility index (Phi) is 5.61. The van der Waals surface area contributed by atoms with Crippen LogP contribution in [0.25, 0.3) is 0 Å². The number of rotatable bonds is 5. The largest absolute Gasteiger partial charge is 0.404 e. The Bertz CT molecular complexity index is 270. The van der Waals surface area contributed by atoms with Gasteiger partial charge in [0.05, 0.1) is 5.60 Å². The standard InChI is InChI=1S/C12H24F3N3O/c1-11(2,19)9-17-5-7-18(8-6-17)10(3-4-16)12(13,14)15/h10,19H,3-9,16H2,1-2H3. The van der Waals surface area contributed by atoms with Gasteiger partial charge in [0.25, 0.3) is 0 Å². The van der Waals surface area contributed by atoms with Crippen LogP contribution in [0.5, 0.6) is 0 Å². The molecule has 1 fully saturated rings. The molecule has 1 aliphatic rings. The average molecular weight is 283 g/mol. The molecule has 1 aliphatic heterocycles. The third-order valence-corrected chi connectivity index (χ3v) is 3.28. The number of nitrogens with zero attached hydrogens (tertiary/aromatic N) is 2. The van der Waals surface area contributed by atoms with Gasteiger partial charge in [0.1, 0.15) is 6.04 Å². The summed E-state index contributed by atoms with van der Waals surface area (Å²) < 4.78 is 38.7. The lowest BCUT2D eigenvalue weighted by Gasteiger charge is -2.41. The van der Waals surface area contributed by atoms with Crippen molar-refractivity contribution in [1.82, 2.24) is 9.80 Å². The van der Waals surface area contributed by atoms with Gasteiger partial charge >= 0.3 is 6.18 Å². The first-order chi connectivity index (χ1) is 8.63. The van der Waals surface area contributed by atoms with Crippen molar-refractivity contribution in [2.75, 3.05) is 39.3 Å². The van der Waals surface area contributed by atoms with E-state index in [1.54, 1.807) is 13.8 Å². The highest BCUT2D eigenvalue weighted by molar-refractivity contribution is 4.85. The summed E-state index contributed by atoms with van der Waals surface area (Å²) in [7, 11) is 0. The Morgan fingerprint density at radius 2 is 1.68 bits per heavy atom. The topological polar surface area (TPSA) is 52.7 Å². The van der Waals surface area contributed by atoms with Gasteiger partial charge in [-0.25, -0.2) is 0 Å². The van der Waals surface area contributed by atoms with E-state index >= 15 is 0 Å². The van der Waals surface area contributed by atoms with Gasteiger partial charge in [0.2, 0.25) is 0 Å². The molecule has 0 amide bonds. The summed E-state index contributed by atoms with van der Waals surface area (Å²) in [4.78, 5) is 3.44. The number of hydrogen-bond acceptors (Lipinski definition) is 4. The van der Waals surface area contributed by atoms with Crippen LogP contribution in [0.3, 0.4) is 0 Å². The normalized spacial score (nSPS) is 21.6. The lowest BCUT2D eigenvalue weighted by Crippen LogP contribution is -2.56. The van der Waals surface area contributed by atoms with Crippen molar-refractivity contribution in [1.29, 1.82) is 0 Å². The van der Waals surface area contributed by atoms with Gasteiger partial charge in [-0.3, -0.25) is 9.80 Å². The van der Waals surface area contributed by atoms with E-state index in [1.165, 1.54) is 4.90 Å². The zero-order valence-corrected chi connectivity index (χ0v) is 11.6. The van der Waals surface area contributed by atoms with Crippen LogP contribution < -0.4 is 5.73 Å². The molecule has 1 heterocycles. The van der Waals surface area contributed by atoms with Gasteiger partial charge in [0, 0.05) is 32.7 Å². The second kappa shape index (κ2) is 6.39. The van der Waals surface area contributed by atoms with Crippen LogP contribution in [0.4, 0.5) is 13.2 Å². The summed E-state index contributed by atoms with van der Waals surface area (Å²) in [5.74, 6) is 0. The molecule has 4 nitrogen and oxygen atoms in total. The number of piperazine rings is 1. The molecule has 0 aromatic carbocycles. The number of β-amino-alcohol motifs (C(OH)–C–C–N with tert-alkyl or cyclic N) is 1. The fourth-order valence-electron chi connectivity index (χ4n) is 2.49. The van der Waals surface area contributed by atoms with Crippen molar-refractivity contribution < 1.29 is 18.3 Å². The molecule has 0 saturated carbocycles. The maximum absolute atomic E-state index is 12.9. The third kappa shape index (κ3) is 5.64. The molecule has 114 valence electrons. The molecule has 19 heavy (non-hydrogen) atoms. The molecule has 1 saturated heterocycles. The first-order valence-corrected chi connectivity index (χ1v) is 6.59. The Labute approximate surface area is 112 Å². The molecule has 0 aromatic heterocycles. The predicted octanol–water partition coefficient (Wildman–Crippen LogP) is 0.655. The minimum Gasteiger partial charge on any atom is -0.389 e. The van der Waals surface area contributed by atoms with Gasteiger partial charge in [-0.15, -0.1) is 0 Å². The van der Waals surface area contributed by atoms with E-state index in [1.807, 2.05) is 4.90 Å². The Hall–Kier alpha value is -0.370. The van der Waals surface area contributed by atoms with Crippen molar-refractivity contribution in [3.63, 3.8) is 0 Å². The Balaban J connectivity index is 2.51. The molecule has 0 bridgehead atoms. The van der Waals surface area contributed by atoms with Gasteiger partial charge in [-0.2, -0.15) is 13.2 Å². The highest BCUT2D eigenvalue weighted by atomic mass is 19.4. The zero-order chi connectivity index (χ0) is 14.7. The molecule has 1 rings (SSSR count). The molecule has 0 radical (unpaired) electrons. The quantitative estimate of drug-likeness (QED) is 0.778. The second-order valence-electron chi connectivity index (χ2n) is 5.76. The number of alkyl halides is 3. The van der Waals surface area contributed by atoms with E-state index in [0.717, 1.165) is 0 Å². The first-order valence-electron chi connectivity index (χ1n) is 6.59. The monoisotopic (exact) mass is 283 g/mol. The van der Waals surface area contributed by atoms with Crippen molar-refractivity contribution in [3.8, 4) is 0 Å². The van der Waals surface area contributed by atoms with Gasteiger partial charge in [0.15, 0.2) is 0 Å². The summed E-state index contributed by atoms with van der Waals surface area (Å²) >= 11 is 0. The smallest absolute Gasteiger partial charge is 0.389 e. The van der Waals surface area contributed by atoms with E-state index < -0.39 is 17.8 Å². The van der Waals surface area contributed by atoms with Gasteiger partial charge in [-0.1, -0.05) is 0 Å². The van der Waals surface area contributed by atoms with Crippen molar-refractivity contribution in [2.24, 2.45) is 5.73 Å². The van der Waals surface area contributed by atoms with E-state index in [-0.39, 0.29) is 13.0 Å². The molecule has 1 unspecified atom stereocenters. The van der Waals surface area contributed by atoms with Crippen LogP contribution in [-0.2, 0) is 0 Å². The van der Waals surface area contributed by atoms with Crippen LogP contribution >= 0.6 is 0 Å². The predicted molar refractivity (Wildman–Crippen MR) is 67.8 cm³/mol. The van der Waals surface area contributed by atoms with Crippen LogP contribution in [0, 0.1) is 0 Å². The molecular weight excluding hydrogens is 259 g/mol. The lowest BCUT2D eigenvalue weighted by atomic mass is 10.1. The molecule has 3 N–H and O–H groups in total. The van der Waals surface area contributed by atoms with Crippen molar-refractivity contribution >= 4 is 0 Å². The van der Waals surface area contributed by atoms with E-state index in [9.17, 15) is 18.3 Å². The zero-order valence-electron chi connectivity index (χ0n) is 11.6. The summed E-state index contributed by atoms with van der Waals surface area (Å²) in [6.45, 7) is 5.73. The number of nitrogens with two attached hydrogens (primary N) is 1. The Morgan fingerprint density at radius 1 is 1.16 bits per heavy atom. The minimum absolute atomic E-state index is 0.0358. The molecular formula is C12H24F3N3O. The SMILES string of the molecule is CC(C)(O)CN1CCN(C(CCN)C(F)(F)F)CC1. The summed E-state index contributed by atoms with van der Waals surface area (Å²) in [6.07, 6.45) is -4.28. The maximum atomic E-state index is 12.9. The average Bonchev–Trinajstić information content (AvgIpc) is 2.23. The fraction of sp³-hybridized carbons (Fsp3) is 1.00. The number of hydrogen-bond donors (Lipinski definition) is 2. The van der Waals surface area contributed by atoms with Gasteiger partial charge < -0.3 is 10.8 Å². The van der Waals surface area contributed by atoms with E-state index in [2.05, 4.69) is 0 Å². The Morgan fingerprint density at radius 3 is 2.05 bits per heavy atom. The molecule has 7 heteroatoms. The lowest BCUT2D eigenvalue weighted by molar-refractivity contribution is -0.189. The highest BCUT2D eigenvalue weighted by Gasteiger charge is 2.43. The molecule has 0 aliphatic carbocycles. The van der Waals surface area contributed by atoms with Crippen molar-refractivity contribution in [3.05, 3.63) is 0 Å². The molecule has 1 atom stereocenters. The number of aliphatic hydroxyl groups is 1. The second-order valence-corrected chi connectivity index (χ2v) is 5.76. The molecule has 0 aromatic rings. The van der Waals surface area contributed by atoms with Crippen LogP contribution in [0.15, 0.2) is 0 Å². The fourth-order valence-corrected chi connectivity index (χ4v) is 2.49. The van der Waals surface area contributed by atoms with Crippen LogP contribution in [-0.4, -0.2) is 72.0 Å². The van der Waals surface area contributed by atoms with E-state index in [4.69, 9.17) is 5.73 Å². The van der Waals surface area contributed by atoms with Crippen LogP contribution in [0.2, 0.25) is 0 Å². The first kappa shape index (κ1) is 16.7. The van der Waals surface area contributed by atoms with Crippen LogP contribution in [0.1, 0.15) is 20.3 Å². The summed E-state index contributed by atoms with van der Waals surface area (Å²) in [5, 5.41) is 9.71. The van der Waals surface area contributed by atoms with Crippen molar-refractivity contribution in [2.45, 2.75) is 38.1 Å². The molecule has 0 spiro atoms. The number of halogens is 3. The minimum atomic E-state index is -4.22. The van der Waals surface area contributed by atoms with Gasteiger partial charge in [-0.05, 0) is 26.8 Å². The summed E-state index contributed by atoms with van der Waals surface area (Å²) in [6, 6.07) is -1.44. The summed E-state index contributed by atoms with van der Waals surface area (Å²) in [5.41, 5.74) is 4.46.